The van der Waals surface area contributed by atoms with Crippen molar-refractivity contribution in [1.29, 1.82) is 0 Å². The molecule has 1 aliphatic heterocycles. The van der Waals surface area contributed by atoms with Crippen molar-refractivity contribution in [2.45, 2.75) is 11.0 Å². The smallest absolute Gasteiger partial charge is 0.264 e. The number of fused-ring (bicyclic) bond motifs is 1. The van der Waals surface area contributed by atoms with E-state index in [1.54, 1.807) is 54.6 Å². The Morgan fingerprint density at radius 3 is 2.55 bits per heavy atom. The van der Waals surface area contributed by atoms with Crippen LogP contribution in [0.5, 0.6) is 11.5 Å². The van der Waals surface area contributed by atoms with Gasteiger partial charge in [-0.2, -0.15) is 0 Å². The van der Waals surface area contributed by atoms with E-state index in [9.17, 15) is 13.2 Å². The van der Waals surface area contributed by atoms with Gasteiger partial charge in [0.25, 0.3) is 15.9 Å². The number of halogens is 2. The van der Waals surface area contributed by atoms with Gasteiger partial charge in [-0.3, -0.25) is 9.10 Å². The second-order valence-corrected chi connectivity index (χ2v) is 9.84. The number of para-hydroxylation sites is 1. The lowest BCUT2D eigenvalue weighted by molar-refractivity contribution is -0.127. The van der Waals surface area contributed by atoms with E-state index in [4.69, 9.17) is 32.7 Å². The fourth-order valence-corrected chi connectivity index (χ4v) is 5.16. The van der Waals surface area contributed by atoms with Gasteiger partial charge in [-0.05, 0) is 42.5 Å². The third-order valence-electron chi connectivity index (χ3n) is 4.91. The maximum absolute atomic E-state index is 13.3. The van der Waals surface area contributed by atoms with Gasteiger partial charge in [-0.25, -0.2) is 8.42 Å². The number of nitrogens with one attached hydrogen (secondary N) is 1. The van der Waals surface area contributed by atoms with Crippen molar-refractivity contribution in [3.8, 4) is 11.5 Å². The summed E-state index contributed by atoms with van der Waals surface area (Å²) in [4.78, 5) is 12.9. The quantitative estimate of drug-likeness (QED) is 0.486. The molecule has 7 nitrogen and oxygen atoms in total. The topological polar surface area (TPSA) is 84.9 Å². The zero-order chi connectivity index (χ0) is 23.4. The average Bonchev–Trinajstić information content (AvgIpc) is 2.82. The summed E-state index contributed by atoms with van der Waals surface area (Å²) in [5, 5.41) is 3.54. The number of ether oxygens (including phenoxy) is 2. The van der Waals surface area contributed by atoms with E-state index in [0.717, 1.165) is 4.31 Å². The van der Waals surface area contributed by atoms with Crippen LogP contribution in [0.25, 0.3) is 0 Å². The molecule has 1 heterocycles. The summed E-state index contributed by atoms with van der Waals surface area (Å²) in [5.41, 5.74) is 0.275. The molecule has 10 heteroatoms. The SMILES string of the molecule is O=C(NCCOc1ccccc1Cl)[C@H]1CN(S(=O)(=O)c2ccccc2)c2cc(Cl)ccc2O1. The zero-order valence-electron chi connectivity index (χ0n) is 17.3. The summed E-state index contributed by atoms with van der Waals surface area (Å²) in [7, 11) is -3.95. The molecule has 1 aliphatic rings. The molecule has 0 spiro atoms. The van der Waals surface area contributed by atoms with Crippen LogP contribution < -0.4 is 19.1 Å². The van der Waals surface area contributed by atoms with Crippen molar-refractivity contribution < 1.29 is 22.7 Å². The maximum Gasteiger partial charge on any atom is 0.264 e. The summed E-state index contributed by atoms with van der Waals surface area (Å²) in [6.45, 7) is 0.158. The standard InChI is InChI=1S/C23H20Cl2N2O5S/c24-16-10-11-21-19(14-16)27(33(29,30)17-6-2-1-3-7-17)15-22(32-21)23(28)26-12-13-31-20-9-5-4-8-18(20)25/h1-11,14,22H,12-13,15H2,(H,26,28)/t22-/m1/s1. The molecule has 172 valence electrons. The van der Waals surface area contributed by atoms with Crippen LogP contribution in [0.2, 0.25) is 10.0 Å². The Labute approximate surface area is 201 Å². The number of hydrogen-bond acceptors (Lipinski definition) is 5. The van der Waals surface area contributed by atoms with Crippen molar-refractivity contribution in [2.75, 3.05) is 24.0 Å². The minimum Gasteiger partial charge on any atom is -0.490 e. The average molecular weight is 507 g/mol. The normalized spacial score (nSPS) is 15.3. The third-order valence-corrected chi connectivity index (χ3v) is 7.25. The number of anilines is 1. The Balaban J connectivity index is 1.49. The molecule has 33 heavy (non-hydrogen) atoms. The molecule has 0 fully saturated rings. The molecular formula is C23H20Cl2N2O5S. The number of carbonyl (C=O) groups excluding carboxylic acids is 1. The molecule has 0 bridgehead atoms. The van der Waals surface area contributed by atoms with Gasteiger partial charge in [-0.1, -0.05) is 53.5 Å². The summed E-state index contributed by atoms with van der Waals surface area (Å²) >= 11 is 12.2. The predicted octanol–water partition coefficient (Wildman–Crippen LogP) is 4.14. The highest BCUT2D eigenvalue weighted by atomic mass is 35.5. The van der Waals surface area contributed by atoms with E-state index >= 15 is 0 Å². The van der Waals surface area contributed by atoms with E-state index in [-0.39, 0.29) is 36.0 Å². The molecule has 4 rings (SSSR count). The van der Waals surface area contributed by atoms with Gasteiger partial charge in [0.2, 0.25) is 0 Å². The Bertz CT molecular complexity index is 1250. The first kappa shape index (κ1) is 23.2. The molecular weight excluding hydrogens is 487 g/mol. The van der Waals surface area contributed by atoms with Crippen LogP contribution in [0, 0.1) is 0 Å². The molecule has 1 atom stereocenters. The van der Waals surface area contributed by atoms with Crippen LogP contribution in [0.3, 0.4) is 0 Å². The molecule has 0 radical (unpaired) electrons. The second kappa shape index (κ2) is 9.91. The number of hydrogen-bond donors (Lipinski definition) is 1. The zero-order valence-corrected chi connectivity index (χ0v) is 19.6. The van der Waals surface area contributed by atoms with Crippen molar-refractivity contribution in [3.63, 3.8) is 0 Å². The highest BCUT2D eigenvalue weighted by Crippen LogP contribution is 2.38. The molecule has 0 aromatic heterocycles. The van der Waals surface area contributed by atoms with Crippen LogP contribution in [-0.4, -0.2) is 40.1 Å². The molecule has 0 unspecified atom stereocenters. The number of rotatable bonds is 7. The second-order valence-electron chi connectivity index (χ2n) is 7.14. The van der Waals surface area contributed by atoms with E-state index in [2.05, 4.69) is 5.32 Å². The van der Waals surface area contributed by atoms with Gasteiger partial charge in [0.15, 0.2) is 6.10 Å². The Kier molecular flexibility index (Phi) is 6.97. The van der Waals surface area contributed by atoms with Crippen LogP contribution in [0.4, 0.5) is 5.69 Å². The van der Waals surface area contributed by atoms with Crippen LogP contribution in [0.15, 0.2) is 77.7 Å². The summed E-state index contributed by atoms with van der Waals surface area (Å²) in [5.74, 6) is 0.289. The van der Waals surface area contributed by atoms with Gasteiger partial charge in [0.1, 0.15) is 18.1 Å². The van der Waals surface area contributed by atoms with Crippen LogP contribution >= 0.6 is 23.2 Å². The molecule has 3 aromatic carbocycles. The molecule has 3 aromatic rings. The Hall–Kier alpha value is -2.94. The predicted molar refractivity (Wildman–Crippen MR) is 127 cm³/mol. The van der Waals surface area contributed by atoms with Gasteiger partial charge < -0.3 is 14.8 Å². The summed E-state index contributed by atoms with van der Waals surface area (Å²) < 4.78 is 39.2. The summed E-state index contributed by atoms with van der Waals surface area (Å²) in [6.07, 6.45) is -1.06. The van der Waals surface area contributed by atoms with E-state index in [1.807, 2.05) is 0 Å². The van der Waals surface area contributed by atoms with Crippen molar-refractivity contribution in [3.05, 3.63) is 82.8 Å². The fraction of sp³-hybridized carbons (Fsp3) is 0.174. The number of benzene rings is 3. The minimum atomic E-state index is -3.95. The van der Waals surface area contributed by atoms with Crippen LogP contribution in [-0.2, 0) is 14.8 Å². The lowest BCUT2D eigenvalue weighted by Gasteiger charge is -2.34. The Morgan fingerprint density at radius 1 is 1.06 bits per heavy atom. The largest absolute Gasteiger partial charge is 0.490 e. The van der Waals surface area contributed by atoms with Crippen molar-refractivity contribution >= 4 is 44.8 Å². The third kappa shape index (κ3) is 5.19. The first-order valence-corrected chi connectivity index (χ1v) is 12.2. The molecule has 1 amide bonds. The number of amides is 1. The lowest BCUT2D eigenvalue weighted by Crippen LogP contribution is -2.51. The van der Waals surface area contributed by atoms with E-state index < -0.39 is 22.0 Å². The van der Waals surface area contributed by atoms with Gasteiger partial charge >= 0.3 is 0 Å². The molecule has 1 N–H and O–H groups in total. The maximum atomic E-state index is 13.3. The van der Waals surface area contributed by atoms with Crippen LogP contribution in [0.1, 0.15) is 0 Å². The molecule has 0 saturated heterocycles. The van der Waals surface area contributed by atoms with E-state index in [1.165, 1.54) is 18.2 Å². The lowest BCUT2D eigenvalue weighted by atomic mass is 10.2. The van der Waals surface area contributed by atoms with Gasteiger partial charge in [0.05, 0.1) is 28.7 Å². The summed E-state index contributed by atoms with van der Waals surface area (Å²) in [6, 6.07) is 19.6. The highest BCUT2D eigenvalue weighted by molar-refractivity contribution is 7.92. The van der Waals surface area contributed by atoms with Gasteiger partial charge in [0, 0.05) is 5.02 Å². The number of carbonyl (C=O) groups is 1. The number of sulfonamides is 1. The Morgan fingerprint density at radius 2 is 1.79 bits per heavy atom. The van der Waals surface area contributed by atoms with E-state index in [0.29, 0.717) is 15.8 Å². The fourth-order valence-electron chi connectivity index (χ4n) is 3.32. The number of nitrogens with zero attached hydrogens (tertiary/aromatic N) is 1. The van der Waals surface area contributed by atoms with Crippen molar-refractivity contribution in [1.82, 2.24) is 5.32 Å². The van der Waals surface area contributed by atoms with Gasteiger partial charge in [-0.15, -0.1) is 0 Å². The highest BCUT2D eigenvalue weighted by Gasteiger charge is 2.37. The van der Waals surface area contributed by atoms with Crippen molar-refractivity contribution in [2.24, 2.45) is 0 Å². The first-order valence-electron chi connectivity index (χ1n) is 10.1. The molecule has 0 saturated carbocycles. The minimum absolute atomic E-state index is 0.102. The molecule has 0 aliphatic carbocycles. The monoisotopic (exact) mass is 506 g/mol. The first-order chi connectivity index (χ1) is 15.9.